The summed E-state index contributed by atoms with van der Waals surface area (Å²) in [7, 11) is 0. The number of rotatable bonds is 0. The van der Waals surface area contributed by atoms with E-state index >= 15 is 0 Å². The summed E-state index contributed by atoms with van der Waals surface area (Å²) in [4.78, 5) is 11.5. The van der Waals surface area contributed by atoms with E-state index in [-0.39, 0.29) is 17.4 Å². The van der Waals surface area contributed by atoms with Crippen LogP contribution in [0.15, 0.2) is 0 Å². The van der Waals surface area contributed by atoms with Crippen LogP contribution in [0.4, 0.5) is 0 Å². The largest absolute Gasteiger partial charge is 0.379 e. The van der Waals surface area contributed by atoms with E-state index < -0.39 is 0 Å². The minimum Gasteiger partial charge on any atom is -0.379 e. The van der Waals surface area contributed by atoms with E-state index in [1.807, 2.05) is 13.8 Å². The lowest BCUT2D eigenvalue weighted by Crippen LogP contribution is -2.52. The van der Waals surface area contributed by atoms with Crippen molar-refractivity contribution in [3.63, 3.8) is 0 Å². The van der Waals surface area contributed by atoms with Gasteiger partial charge < -0.3 is 10.1 Å². The number of ether oxygens (including phenoxy) is 1. The molecule has 2 atom stereocenters. The van der Waals surface area contributed by atoms with Gasteiger partial charge in [0.2, 0.25) is 5.91 Å². The monoisotopic (exact) mass is 169 g/mol. The molecule has 2 aliphatic rings. The summed E-state index contributed by atoms with van der Waals surface area (Å²) in [5.74, 6) is 0.715. The van der Waals surface area contributed by atoms with Crippen LogP contribution >= 0.6 is 0 Å². The van der Waals surface area contributed by atoms with Gasteiger partial charge in [-0.1, -0.05) is 13.8 Å². The van der Waals surface area contributed by atoms with Gasteiger partial charge in [-0.05, 0) is 6.42 Å². The van der Waals surface area contributed by atoms with Crippen LogP contribution in [0.25, 0.3) is 0 Å². The number of nitrogens with one attached hydrogen (secondary N) is 1. The molecule has 1 amide bonds. The molecule has 2 fully saturated rings. The Morgan fingerprint density at radius 2 is 2.25 bits per heavy atom. The van der Waals surface area contributed by atoms with Gasteiger partial charge in [0.1, 0.15) is 0 Å². The second kappa shape index (κ2) is 2.46. The van der Waals surface area contributed by atoms with E-state index in [9.17, 15) is 4.79 Å². The fourth-order valence-electron chi connectivity index (χ4n) is 2.07. The van der Waals surface area contributed by atoms with Gasteiger partial charge in [-0.2, -0.15) is 0 Å². The zero-order valence-electron chi connectivity index (χ0n) is 7.59. The number of fused-ring (bicyclic) bond motifs is 1. The Morgan fingerprint density at radius 3 is 3.00 bits per heavy atom. The van der Waals surface area contributed by atoms with Gasteiger partial charge in [-0.15, -0.1) is 0 Å². The van der Waals surface area contributed by atoms with Crippen LogP contribution in [-0.2, 0) is 9.53 Å². The number of carbonyl (C=O) groups is 1. The van der Waals surface area contributed by atoms with Crippen molar-refractivity contribution in [2.45, 2.75) is 26.3 Å². The lowest BCUT2D eigenvalue weighted by molar-refractivity contribution is -0.133. The summed E-state index contributed by atoms with van der Waals surface area (Å²) < 4.78 is 5.32. The Bertz CT molecular complexity index is 213. The van der Waals surface area contributed by atoms with E-state index in [4.69, 9.17) is 4.74 Å². The Kier molecular flexibility index (Phi) is 1.65. The van der Waals surface area contributed by atoms with Gasteiger partial charge in [0.15, 0.2) is 0 Å². The molecular weight excluding hydrogens is 154 g/mol. The van der Waals surface area contributed by atoms with Crippen LogP contribution in [0.3, 0.4) is 0 Å². The molecule has 2 heterocycles. The molecule has 3 heteroatoms. The van der Waals surface area contributed by atoms with Crippen molar-refractivity contribution in [2.24, 2.45) is 11.3 Å². The molecule has 0 aromatic rings. The van der Waals surface area contributed by atoms with Crippen LogP contribution in [0.1, 0.15) is 20.3 Å². The highest BCUT2D eigenvalue weighted by atomic mass is 16.5. The molecule has 0 aromatic heterocycles. The first-order chi connectivity index (χ1) is 5.59. The first-order valence-corrected chi connectivity index (χ1v) is 4.48. The molecule has 0 bridgehead atoms. The molecule has 0 radical (unpaired) electrons. The molecule has 2 aliphatic heterocycles. The van der Waals surface area contributed by atoms with E-state index in [2.05, 4.69) is 5.32 Å². The average Bonchev–Trinajstić information content (AvgIpc) is 2.35. The molecule has 0 aromatic carbocycles. The van der Waals surface area contributed by atoms with Crippen LogP contribution in [0, 0.1) is 11.3 Å². The number of piperidine rings is 1. The molecule has 2 saturated heterocycles. The van der Waals surface area contributed by atoms with Gasteiger partial charge in [-0.3, -0.25) is 4.79 Å². The summed E-state index contributed by atoms with van der Waals surface area (Å²) in [6, 6.07) is 0.283. The highest BCUT2D eigenvalue weighted by Gasteiger charge is 2.43. The first-order valence-electron chi connectivity index (χ1n) is 4.48. The molecule has 0 saturated carbocycles. The van der Waals surface area contributed by atoms with E-state index in [0.717, 1.165) is 13.0 Å². The quantitative estimate of drug-likeness (QED) is 0.575. The first kappa shape index (κ1) is 8.05. The van der Waals surface area contributed by atoms with Gasteiger partial charge in [0, 0.05) is 11.3 Å². The van der Waals surface area contributed by atoms with Crippen LogP contribution in [0.2, 0.25) is 0 Å². The Balaban J connectivity index is 2.14. The minimum absolute atomic E-state index is 0.175. The second-order valence-electron chi connectivity index (χ2n) is 4.47. The SMILES string of the molecule is CC1(C)C[C@H]2COC[C@@H]2NC1=O. The number of carbonyl (C=O) groups excluding carboxylic acids is 1. The standard InChI is InChI=1S/C9H15NO2/c1-9(2)3-6-4-12-5-7(6)10-8(9)11/h6-7H,3-5H2,1-2H3,(H,10,11)/t6-,7-/m0/s1. The second-order valence-corrected chi connectivity index (χ2v) is 4.47. The molecule has 0 unspecified atom stereocenters. The molecule has 3 nitrogen and oxygen atoms in total. The zero-order valence-corrected chi connectivity index (χ0v) is 7.59. The third kappa shape index (κ3) is 1.12. The molecule has 12 heavy (non-hydrogen) atoms. The fourth-order valence-corrected chi connectivity index (χ4v) is 2.07. The summed E-state index contributed by atoms with van der Waals surface area (Å²) in [5, 5.41) is 3.00. The summed E-state index contributed by atoms with van der Waals surface area (Å²) in [5.41, 5.74) is -0.200. The zero-order chi connectivity index (χ0) is 8.77. The third-order valence-electron chi connectivity index (χ3n) is 2.90. The van der Waals surface area contributed by atoms with Gasteiger partial charge in [0.05, 0.1) is 19.3 Å². The highest BCUT2D eigenvalue weighted by Crippen LogP contribution is 2.34. The smallest absolute Gasteiger partial charge is 0.225 e. The number of hydrogen-bond acceptors (Lipinski definition) is 2. The van der Waals surface area contributed by atoms with Crippen LogP contribution < -0.4 is 5.32 Å². The maximum absolute atomic E-state index is 11.5. The number of amides is 1. The molecule has 1 N–H and O–H groups in total. The normalized spacial score (nSPS) is 39.0. The summed E-state index contributed by atoms with van der Waals surface area (Å²) in [6.45, 7) is 5.51. The minimum atomic E-state index is -0.200. The van der Waals surface area contributed by atoms with Crippen molar-refractivity contribution in [3.05, 3.63) is 0 Å². The lowest BCUT2D eigenvalue weighted by Gasteiger charge is -2.35. The van der Waals surface area contributed by atoms with Crippen LogP contribution in [-0.4, -0.2) is 25.2 Å². The van der Waals surface area contributed by atoms with Crippen molar-refractivity contribution in [1.82, 2.24) is 5.32 Å². The average molecular weight is 169 g/mol. The van der Waals surface area contributed by atoms with Crippen LogP contribution in [0.5, 0.6) is 0 Å². The third-order valence-corrected chi connectivity index (χ3v) is 2.90. The number of hydrogen-bond donors (Lipinski definition) is 1. The van der Waals surface area contributed by atoms with Crippen molar-refractivity contribution >= 4 is 5.91 Å². The highest BCUT2D eigenvalue weighted by molar-refractivity contribution is 5.83. The summed E-state index contributed by atoms with van der Waals surface area (Å²) >= 11 is 0. The van der Waals surface area contributed by atoms with Crippen molar-refractivity contribution in [3.8, 4) is 0 Å². The molecule has 2 rings (SSSR count). The maximum atomic E-state index is 11.5. The van der Waals surface area contributed by atoms with Gasteiger partial charge >= 0.3 is 0 Å². The van der Waals surface area contributed by atoms with E-state index in [1.165, 1.54) is 0 Å². The van der Waals surface area contributed by atoms with Crippen molar-refractivity contribution < 1.29 is 9.53 Å². The Labute approximate surface area is 72.5 Å². The predicted molar refractivity (Wildman–Crippen MR) is 44.6 cm³/mol. The van der Waals surface area contributed by atoms with Gasteiger partial charge in [-0.25, -0.2) is 0 Å². The molecule has 0 spiro atoms. The molecule has 0 aliphatic carbocycles. The van der Waals surface area contributed by atoms with E-state index in [0.29, 0.717) is 12.5 Å². The van der Waals surface area contributed by atoms with Gasteiger partial charge in [0.25, 0.3) is 0 Å². The molecular formula is C9H15NO2. The maximum Gasteiger partial charge on any atom is 0.225 e. The lowest BCUT2D eigenvalue weighted by atomic mass is 9.76. The van der Waals surface area contributed by atoms with Crippen molar-refractivity contribution in [2.75, 3.05) is 13.2 Å². The fraction of sp³-hybridized carbons (Fsp3) is 0.889. The Hall–Kier alpha value is -0.570. The summed E-state index contributed by atoms with van der Waals surface area (Å²) in [6.07, 6.45) is 0.962. The van der Waals surface area contributed by atoms with E-state index in [1.54, 1.807) is 0 Å². The Morgan fingerprint density at radius 1 is 1.50 bits per heavy atom. The predicted octanol–water partition coefficient (Wildman–Crippen LogP) is 0.547. The molecule has 68 valence electrons. The topological polar surface area (TPSA) is 38.3 Å². The van der Waals surface area contributed by atoms with Crippen molar-refractivity contribution in [1.29, 1.82) is 0 Å².